The first-order valence-electron chi connectivity index (χ1n) is 11.3. The number of benzene rings is 3. The van der Waals surface area contributed by atoms with Crippen molar-refractivity contribution in [1.29, 1.82) is 0 Å². The number of hydrogen-bond acceptors (Lipinski definition) is 5. The lowest BCUT2D eigenvalue weighted by atomic mass is 9.83. The number of phenols is 1. The molecule has 0 amide bonds. The molecule has 3 aromatic carbocycles. The van der Waals surface area contributed by atoms with Gasteiger partial charge >= 0.3 is 0 Å². The number of ether oxygens (including phenoxy) is 1. The molecule has 35 heavy (non-hydrogen) atoms. The normalized spacial score (nSPS) is 16.9. The zero-order valence-corrected chi connectivity index (χ0v) is 20.4. The molecule has 2 aliphatic rings. The highest BCUT2D eigenvalue weighted by Gasteiger charge is 2.32. The van der Waals surface area contributed by atoms with Crippen molar-refractivity contribution in [2.75, 3.05) is 7.11 Å². The van der Waals surface area contributed by atoms with Crippen molar-refractivity contribution in [3.63, 3.8) is 0 Å². The van der Waals surface area contributed by atoms with E-state index in [1.54, 1.807) is 28.8 Å². The van der Waals surface area contributed by atoms with Gasteiger partial charge in [0, 0.05) is 16.1 Å². The van der Waals surface area contributed by atoms with Crippen molar-refractivity contribution in [2.45, 2.75) is 18.9 Å². The number of halogens is 1. The van der Waals surface area contributed by atoms with Crippen LogP contribution in [0.15, 0.2) is 82.1 Å². The Morgan fingerprint density at radius 2 is 1.89 bits per heavy atom. The fraction of sp³-hybridized carbons (Fsp3) is 0.143. The minimum Gasteiger partial charge on any atom is -0.504 e. The molecule has 1 N–H and O–H groups in total. The summed E-state index contributed by atoms with van der Waals surface area (Å²) in [6.07, 6.45) is 3.43. The monoisotopic (exact) mass is 500 g/mol. The van der Waals surface area contributed by atoms with Crippen molar-refractivity contribution >= 4 is 34.7 Å². The second-order valence-corrected chi connectivity index (χ2v) is 10.0. The van der Waals surface area contributed by atoms with Gasteiger partial charge in [0.2, 0.25) is 0 Å². The molecule has 4 aromatic rings. The Bertz CT molecular complexity index is 1680. The van der Waals surface area contributed by atoms with Gasteiger partial charge < -0.3 is 9.84 Å². The maximum Gasteiger partial charge on any atom is 0.271 e. The van der Waals surface area contributed by atoms with Crippen LogP contribution in [-0.2, 0) is 6.42 Å². The summed E-state index contributed by atoms with van der Waals surface area (Å²) >= 11 is 7.51. The number of rotatable bonds is 3. The summed E-state index contributed by atoms with van der Waals surface area (Å²) in [4.78, 5) is 19.4. The lowest BCUT2D eigenvalue weighted by molar-refractivity contribution is 0.373. The summed E-state index contributed by atoms with van der Waals surface area (Å²) in [5, 5.41) is 11.2. The minimum atomic E-state index is -0.270. The van der Waals surface area contributed by atoms with Crippen molar-refractivity contribution in [2.24, 2.45) is 4.99 Å². The zero-order chi connectivity index (χ0) is 24.1. The van der Waals surface area contributed by atoms with Crippen LogP contribution in [0.2, 0.25) is 5.02 Å². The van der Waals surface area contributed by atoms with Gasteiger partial charge in [-0.1, -0.05) is 71.5 Å². The Morgan fingerprint density at radius 1 is 1.09 bits per heavy atom. The largest absolute Gasteiger partial charge is 0.504 e. The minimum absolute atomic E-state index is 0.00306. The third-order valence-corrected chi connectivity index (χ3v) is 7.83. The summed E-state index contributed by atoms with van der Waals surface area (Å²) in [7, 11) is 1.50. The second-order valence-electron chi connectivity index (χ2n) is 8.56. The summed E-state index contributed by atoms with van der Waals surface area (Å²) < 4.78 is 7.51. The predicted molar refractivity (Wildman–Crippen MR) is 139 cm³/mol. The Balaban J connectivity index is 1.62. The third kappa shape index (κ3) is 3.61. The maximum atomic E-state index is 13.8. The zero-order valence-electron chi connectivity index (χ0n) is 18.9. The average molecular weight is 501 g/mol. The predicted octanol–water partition coefficient (Wildman–Crippen LogP) is 4.69. The van der Waals surface area contributed by atoms with E-state index < -0.39 is 0 Å². The molecule has 5 nitrogen and oxygen atoms in total. The number of phenolic OH excluding ortho intramolecular Hbond substituents is 1. The first-order chi connectivity index (χ1) is 17.0. The Labute approximate surface area is 210 Å². The number of methoxy groups -OCH3 is 1. The van der Waals surface area contributed by atoms with Gasteiger partial charge in [-0.05, 0) is 53.8 Å². The topological polar surface area (TPSA) is 63.8 Å². The molecule has 0 radical (unpaired) electrons. The molecule has 1 aliphatic heterocycles. The fourth-order valence-corrected chi connectivity index (χ4v) is 6.05. The van der Waals surface area contributed by atoms with Crippen molar-refractivity contribution in [3.05, 3.63) is 119 Å². The molecule has 6 rings (SSSR count). The Kier molecular flexibility index (Phi) is 5.35. The second kappa shape index (κ2) is 8.56. The number of aromatic nitrogens is 1. The van der Waals surface area contributed by atoms with Crippen LogP contribution in [0.1, 0.15) is 34.7 Å². The molecule has 1 aliphatic carbocycles. The molecule has 0 bridgehead atoms. The Hall–Kier alpha value is -3.61. The summed E-state index contributed by atoms with van der Waals surface area (Å²) in [6, 6.07) is 21.0. The molecule has 0 spiro atoms. The maximum absolute atomic E-state index is 13.8. The molecular weight excluding hydrogens is 480 g/mol. The fourth-order valence-electron chi connectivity index (χ4n) is 4.93. The van der Waals surface area contributed by atoms with Crippen LogP contribution in [0.4, 0.5) is 0 Å². The van der Waals surface area contributed by atoms with Gasteiger partial charge in [0.05, 0.1) is 23.4 Å². The number of nitrogens with zero attached hydrogens (tertiary/aromatic N) is 2. The quantitative estimate of drug-likeness (QED) is 0.444. The van der Waals surface area contributed by atoms with Gasteiger partial charge in [-0.15, -0.1) is 0 Å². The van der Waals surface area contributed by atoms with Crippen LogP contribution >= 0.6 is 22.9 Å². The van der Waals surface area contributed by atoms with Gasteiger partial charge in [0.1, 0.15) is 0 Å². The summed E-state index contributed by atoms with van der Waals surface area (Å²) in [5.41, 5.74) is 5.85. The van der Waals surface area contributed by atoms with Crippen LogP contribution in [0.25, 0.3) is 11.8 Å². The number of thiazole rings is 1. The van der Waals surface area contributed by atoms with Crippen molar-refractivity contribution in [1.82, 2.24) is 4.57 Å². The van der Waals surface area contributed by atoms with Crippen molar-refractivity contribution in [3.8, 4) is 11.5 Å². The molecule has 0 saturated carbocycles. The molecule has 1 aromatic heterocycles. The molecule has 0 saturated heterocycles. The summed E-state index contributed by atoms with van der Waals surface area (Å²) in [5.74, 6) is 0.362. The van der Waals surface area contributed by atoms with Gasteiger partial charge in [0.15, 0.2) is 16.3 Å². The number of aryl methyl sites for hydroxylation is 1. The van der Waals surface area contributed by atoms with Gasteiger partial charge in [-0.3, -0.25) is 9.36 Å². The van der Waals surface area contributed by atoms with E-state index in [0.717, 1.165) is 35.2 Å². The van der Waals surface area contributed by atoms with E-state index in [0.29, 0.717) is 25.7 Å². The van der Waals surface area contributed by atoms with E-state index in [2.05, 4.69) is 18.2 Å². The standard InChI is InChI=1S/C28H21ClN2O3S/c1-34-22-8-4-6-18(26(22)32)15-23-27(33)31-25(17-9-12-19(29)13-10-17)21-14-11-16-5-2-3-7-20(16)24(21)30-28(31)35-23/h2-10,12-13,15,25,32H,11,14H2,1H3. The highest BCUT2D eigenvalue weighted by Crippen LogP contribution is 2.41. The first kappa shape index (κ1) is 21.9. The van der Waals surface area contributed by atoms with Gasteiger partial charge in [-0.25, -0.2) is 4.99 Å². The number of aromatic hydroxyl groups is 1. The van der Waals surface area contributed by atoms with E-state index in [-0.39, 0.29) is 17.4 Å². The van der Waals surface area contributed by atoms with Crippen LogP contribution in [0.5, 0.6) is 11.5 Å². The van der Waals surface area contributed by atoms with Crippen LogP contribution in [-0.4, -0.2) is 16.8 Å². The molecule has 1 unspecified atom stereocenters. The van der Waals surface area contributed by atoms with Crippen LogP contribution in [0.3, 0.4) is 0 Å². The Morgan fingerprint density at radius 3 is 2.69 bits per heavy atom. The van der Waals surface area contributed by atoms with E-state index >= 15 is 0 Å². The number of hydrogen-bond donors (Lipinski definition) is 1. The molecule has 174 valence electrons. The van der Waals surface area contributed by atoms with E-state index in [1.807, 2.05) is 30.3 Å². The highest BCUT2D eigenvalue weighted by atomic mass is 35.5. The lowest BCUT2D eigenvalue weighted by Crippen LogP contribution is -2.38. The van der Waals surface area contributed by atoms with E-state index in [4.69, 9.17) is 21.3 Å². The molecule has 1 atom stereocenters. The van der Waals surface area contributed by atoms with Crippen LogP contribution < -0.4 is 19.6 Å². The molecule has 0 fully saturated rings. The highest BCUT2D eigenvalue weighted by molar-refractivity contribution is 7.07. The molecular formula is C28H21ClN2O3S. The number of para-hydroxylation sites is 1. The lowest BCUT2D eigenvalue weighted by Gasteiger charge is -2.30. The smallest absolute Gasteiger partial charge is 0.271 e. The van der Waals surface area contributed by atoms with Crippen LogP contribution in [0, 0.1) is 0 Å². The number of allylic oxidation sites excluding steroid dienone is 1. The number of fused-ring (bicyclic) bond motifs is 3. The van der Waals surface area contributed by atoms with Crippen molar-refractivity contribution < 1.29 is 9.84 Å². The average Bonchev–Trinajstić information content (AvgIpc) is 3.19. The SMILES string of the molecule is COc1cccc(C=c2sc3n(c2=O)C(c2ccc(Cl)cc2)C2=C(N=3)c3ccccc3CC2)c1O. The first-order valence-corrected chi connectivity index (χ1v) is 12.5. The van der Waals surface area contributed by atoms with Gasteiger partial charge in [0.25, 0.3) is 5.56 Å². The van der Waals surface area contributed by atoms with Gasteiger partial charge in [-0.2, -0.15) is 0 Å². The third-order valence-electron chi connectivity index (χ3n) is 6.60. The van der Waals surface area contributed by atoms with E-state index in [1.165, 1.54) is 24.0 Å². The molecule has 2 heterocycles. The molecule has 7 heteroatoms. The van der Waals surface area contributed by atoms with E-state index in [9.17, 15) is 9.90 Å². The summed E-state index contributed by atoms with van der Waals surface area (Å²) in [6.45, 7) is 0.